The van der Waals surface area contributed by atoms with E-state index in [-0.39, 0.29) is 29.8 Å². The van der Waals surface area contributed by atoms with Gasteiger partial charge in [0.15, 0.2) is 5.96 Å². The van der Waals surface area contributed by atoms with Crippen molar-refractivity contribution in [1.82, 2.24) is 10.6 Å². The predicted molar refractivity (Wildman–Crippen MR) is 106 cm³/mol. The van der Waals surface area contributed by atoms with Crippen LogP contribution in [0.1, 0.15) is 25.3 Å². The second kappa shape index (κ2) is 9.75. The number of nitrogens with zero attached hydrogens (tertiary/aromatic N) is 2. The van der Waals surface area contributed by atoms with Gasteiger partial charge >= 0.3 is 0 Å². The van der Waals surface area contributed by atoms with Crippen LogP contribution in [0.15, 0.2) is 35.3 Å². The third-order valence-electron chi connectivity index (χ3n) is 3.61. The van der Waals surface area contributed by atoms with Gasteiger partial charge in [0.05, 0.1) is 12.2 Å². The zero-order valence-corrected chi connectivity index (χ0v) is 16.3. The molecule has 0 heterocycles. The molecule has 0 saturated carbocycles. The van der Waals surface area contributed by atoms with Gasteiger partial charge in [-0.05, 0) is 37.5 Å². The maximum absolute atomic E-state index is 14.0. The number of aliphatic imine (C=N–C) groups is 1. The summed E-state index contributed by atoms with van der Waals surface area (Å²) in [7, 11) is 3.66. The lowest BCUT2D eigenvalue weighted by molar-refractivity contribution is 0.622. The number of rotatable bonds is 5. The standard InChI is InChI=1S/C17H25FN4.HI/c1-4-19-17(21-14-7-5-6-8-14)20-12-13-9-10-16(22(2)3)15(18)11-13;/h5-6,9-11,14H,4,7-8,12H2,1-3H3,(H2,19,20,21);1H. The number of guanidine groups is 1. The minimum absolute atomic E-state index is 0. The summed E-state index contributed by atoms with van der Waals surface area (Å²) in [4.78, 5) is 6.31. The van der Waals surface area contributed by atoms with Crippen molar-refractivity contribution in [2.75, 3.05) is 25.5 Å². The fraction of sp³-hybridized carbons (Fsp3) is 0.471. The Balaban J connectivity index is 0.00000264. The van der Waals surface area contributed by atoms with Crippen LogP contribution in [0, 0.1) is 5.82 Å². The molecule has 6 heteroatoms. The molecule has 23 heavy (non-hydrogen) atoms. The van der Waals surface area contributed by atoms with E-state index in [1.807, 2.05) is 27.1 Å². The van der Waals surface area contributed by atoms with Gasteiger partial charge in [0.2, 0.25) is 0 Å². The van der Waals surface area contributed by atoms with Crippen LogP contribution in [0.3, 0.4) is 0 Å². The molecule has 0 aliphatic heterocycles. The van der Waals surface area contributed by atoms with E-state index >= 15 is 0 Å². The second-order valence-corrected chi connectivity index (χ2v) is 5.66. The first-order chi connectivity index (χ1) is 10.6. The Morgan fingerprint density at radius 1 is 1.30 bits per heavy atom. The van der Waals surface area contributed by atoms with Crippen LogP contribution >= 0.6 is 24.0 Å². The van der Waals surface area contributed by atoms with Crippen molar-refractivity contribution < 1.29 is 4.39 Å². The van der Waals surface area contributed by atoms with Gasteiger partial charge in [0, 0.05) is 26.7 Å². The number of hydrogen-bond donors (Lipinski definition) is 2. The predicted octanol–water partition coefficient (Wildman–Crippen LogP) is 3.28. The molecule has 0 unspecified atom stereocenters. The van der Waals surface area contributed by atoms with Crippen molar-refractivity contribution in [2.45, 2.75) is 32.4 Å². The largest absolute Gasteiger partial charge is 0.375 e. The third kappa shape index (κ3) is 6.01. The van der Waals surface area contributed by atoms with Crippen molar-refractivity contribution in [1.29, 1.82) is 0 Å². The molecule has 2 rings (SSSR count). The molecule has 0 saturated heterocycles. The Bertz CT molecular complexity index is 550. The van der Waals surface area contributed by atoms with Gasteiger partial charge < -0.3 is 15.5 Å². The van der Waals surface area contributed by atoms with Crippen LogP contribution in [-0.2, 0) is 6.54 Å². The van der Waals surface area contributed by atoms with Gasteiger partial charge in [0.25, 0.3) is 0 Å². The van der Waals surface area contributed by atoms with Crippen molar-refractivity contribution in [3.63, 3.8) is 0 Å². The average Bonchev–Trinajstić information content (AvgIpc) is 2.97. The van der Waals surface area contributed by atoms with Gasteiger partial charge in [0.1, 0.15) is 5.82 Å². The minimum Gasteiger partial charge on any atom is -0.375 e. The molecule has 0 radical (unpaired) electrons. The number of benzene rings is 1. The Kier molecular flexibility index (Phi) is 8.36. The lowest BCUT2D eigenvalue weighted by Gasteiger charge is -2.17. The van der Waals surface area contributed by atoms with E-state index < -0.39 is 0 Å². The first-order valence-electron chi connectivity index (χ1n) is 7.75. The van der Waals surface area contributed by atoms with Crippen LogP contribution in [0.25, 0.3) is 0 Å². The summed E-state index contributed by atoms with van der Waals surface area (Å²) < 4.78 is 14.0. The van der Waals surface area contributed by atoms with E-state index in [0.29, 0.717) is 18.3 Å². The summed E-state index contributed by atoms with van der Waals surface area (Å²) >= 11 is 0. The zero-order chi connectivity index (χ0) is 15.9. The molecular weight excluding hydrogens is 406 g/mol. The van der Waals surface area contributed by atoms with Crippen LogP contribution in [0.2, 0.25) is 0 Å². The molecule has 1 aliphatic carbocycles. The maximum atomic E-state index is 14.0. The number of hydrogen-bond acceptors (Lipinski definition) is 2. The van der Waals surface area contributed by atoms with Gasteiger partial charge in [-0.15, -0.1) is 24.0 Å². The molecule has 0 bridgehead atoms. The first kappa shape index (κ1) is 19.7. The van der Waals surface area contributed by atoms with E-state index in [1.54, 1.807) is 17.0 Å². The van der Waals surface area contributed by atoms with E-state index in [1.165, 1.54) is 0 Å². The normalized spacial score (nSPS) is 14.5. The molecule has 0 amide bonds. The summed E-state index contributed by atoms with van der Waals surface area (Å²) in [6, 6.07) is 5.68. The lowest BCUT2D eigenvalue weighted by atomic mass is 10.2. The van der Waals surface area contributed by atoms with Crippen LogP contribution in [0.4, 0.5) is 10.1 Å². The lowest BCUT2D eigenvalue weighted by Crippen LogP contribution is -2.42. The van der Waals surface area contributed by atoms with E-state index in [2.05, 4.69) is 27.8 Å². The molecule has 4 nitrogen and oxygen atoms in total. The number of anilines is 1. The van der Waals surface area contributed by atoms with Crippen molar-refractivity contribution in [3.05, 3.63) is 41.7 Å². The second-order valence-electron chi connectivity index (χ2n) is 5.66. The highest BCUT2D eigenvalue weighted by atomic mass is 127. The van der Waals surface area contributed by atoms with Gasteiger partial charge in [-0.3, -0.25) is 0 Å². The molecule has 0 spiro atoms. The van der Waals surface area contributed by atoms with E-state index in [4.69, 9.17) is 0 Å². The maximum Gasteiger partial charge on any atom is 0.191 e. The first-order valence-corrected chi connectivity index (χ1v) is 7.75. The average molecular weight is 432 g/mol. The summed E-state index contributed by atoms with van der Waals surface area (Å²) in [6.07, 6.45) is 6.40. The summed E-state index contributed by atoms with van der Waals surface area (Å²) in [5.41, 5.74) is 1.46. The van der Waals surface area contributed by atoms with Crippen LogP contribution in [0.5, 0.6) is 0 Å². The Morgan fingerprint density at radius 3 is 2.57 bits per heavy atom. The molecule has 128 valence electrons. The Labute approximate surface area is 155 Å². The van der Waals surface area contributed by atoms with E-state index in [9.17, 15) is 4.39 Å². The number of halogens is 2. The van der Waals surface area contributed by atoms with Crippen molar-refractivity contribution >= 4 is 35.6 Å². The minimum atomic E-state index is -0.212. The highest BCUT2D eigenvalue weighted by molar-refractivity contribution is 14.0. The fourth-order valence-electron chi connectivity index (χ4n) is 2.43. The molecule has 1 aromatic rings. The fourth-order valence-corrected chi connectivity index (χ4v) is 2.43. The molecule has 0 atom stereocenters. The van der Waals surface area contributed by atoms with Gasteiger partial charge in [-0.25, -0.2) is 9.38 Å². The Hall–Kier alpha value is -1.31. The van der Waals surface area contributed by atoms with Gasteiger partial charge in [-0.1, -0.05) is 18.2 Å². The SMILES string of the molecule is CCNC(=NCc1ccc(N(C)C)c(F)c1)NC1CC=CC1.I. The smallest absolute Gasteiger partial charge is 0.191 e. The number of nitrogens with one attached hydrogen (secondary N) is 2. The monoisotopic (exact) mass is 432 g/mol. The topological polar surface area (TPSA) is 39.7 Å². The molecule has 1 aliphatic rings. The quantitative estimate of drug-likeness (QED) is 0.325. The summed E-state index contributed by atoms with van der Waals surface area (Å²) in [5.74, 6) is 0.573. The molecule has 0 fully saturated rings. The van der Waals surface area contributed by atoms with Crippen LogP contribution in [-0.4, -0.2) is 32.6 Å². The van der Waals surface area contributed by atoms with Crippen molar-refractivity contribution in [3.8, 4) is 0 Å². The third-order valence-corrected chi connectivity index (χ3v) is 3.61. The van der Waals surface area contributed by atoms with Crippen LogP contribution < -0.4 is 15.5 Å². The van der Waals surface area contributed by atoms with E-state index in [0.717, 1.165) is 30.9 Å². The summed E-state index contributed by atoms with van der Waals surface area (Å²) in [6.45, 7) is 3.30. The van der Waals surface area contributed by atoms with Crippen molar-refractivity contribution in [2.24, 2.45) is 4.99 Å². The Morgan fingerprint density at radius 2 is 2.00 bits per heavy atom. The highest BCUT2D eigenvalue weighted by Gasteiger charge is 2.11. The summed E-state index contributed by atoms with van der Waals surface area (Å²) in [5, 5.41) is 6.64. The molecule has 0 aromatic heterocycles. The molecular formula is C17H26FIN4. The molecule has 1 aromatic carbocycles. The molecule has 2 N–H and O–H groups in total. The highest BCUT2D eigenvalue weighted by Crippen LogP contribution is 2.18. The van der Waals surface area contributed by atoms with Gasteiger partial charge in [-0.2, -0.15) is 0 Å². The zero-order valence-electron chi connectivity index (χ0n) is 14.0.